The van der Waals surface area contributed by atoms with Crippen LogP contribution in [0.1, 0.15) is 37.0 Å². The SMILES string of the molecule is CC(C)(C#N)c1ccc(CCC(=O)Cn2cnc3cccc(C#N)c32)cc1F. The van der Waals surface area contributed by atoms with Crippen LogP contribution in [0.2, 0.25) is 0 Å². The Bertz CT molecular complexity index is 1130. The fourth-order valence-corrected chi connectivity index (χ4v) is 3.17. The fourth-order valence-electron chi connectivity index (χ4n) is 3.17. The molecule has 0 fully saturated rings. The van der Waals surface area contributed by atoms with Gasteiger partial charge in [0.2, 0.25) is 0 Å². The van der Waals surface area contributed by atoms with Gasteiger partial charge >= 0.3 is 0 Å². The van der Waals surface area contributed by atoms with Crippen LogP contribution >= 0.6 is 0 Å². The van der Waals surface area contributed by atoms with E-state index in [0.717, 1.165) is 0 Å². The van der Waals surface area contributed by atoms with Crippen LogP contribution in [0.3, 0.4) is 0 Å². The van der Waals surface area contributed by atoms with Crippen molar-refractivity contribution in [3.8, 4) is 12.1 Å². The number of halogens is 1. The Hall–Kier alpha value is -3.51. The Morgan fingerprint density at radius 3 is 2.71 bits per heavy atom. The molecule has 28 heavy (non-hydrogen) atoms. The van der Waals surface area contributed by atoms with Crippen LogP contribution in [0.15, 0.2) is 42.7 Å². The highest BCUT2D eigenvalue weighted by Crippen LogP contribution is 2.26. The van der Waals surface area contributed by atoms with Crippen molar-refractivity contribution in [1.29, 1.82) is 10.5 Å². The van der Waals surface area contributed by atoms with Crippen LogP contribution < -0.4 is 0 Å². The first-order valence-electron chi connectivity index (χ1n) is 8.91. The van der Waals surface area contributed by atoms with Gasteiger partial charge in [-0.2, -0.15) is 10.5 Å². The molecule has 2 aromatic carbocycles. The first kappa shape index (κ1) is 19.3. The Morgan fingerprint density at radius 1 is 1.25 bits per heavy atom. The van der Waals surface area contributed by atoms with Crippen LogP contribution in [-0.4, -0.2) is 15.3 Å². The number of hydrogen-bond donors (Lipinski definition) is 0. The highest BCUT2D eigenvalue weighted by molar-refractivity contribution is 5.85. The zero-order valence-electron chi connectivity index (χ0n) is 15.7. The van der Waals surface area contributed by atoms with Crippen molar-refractivity contribution in [2.24, 2.45) is 0 Å². The summed E-state index contributed by atoms with van der Waals surface area (Å²) < 4.78 is 16.0. The number of carbonyl (C=O) groups excluding carboxylic acids is 1. The minimum atomic E-state index is -0.903. The van der Waals surface area contributed by atoms with E-state index in [2.05, 4.69) is 17.1 Å². The summed E-state index contributed by atoms with van der Waals surface area (Å²) in [5.41, 5.74) is 1.94. The summed E-state index contributed by atoms with van der Waals surface area (Å²) in [6, 6.07) is 14.2. The molecular formula is C22H19FN4O. The Kier molecular flexibility index (Phi) is 5.24. The minimum Gasteiger partial charge on any atom is -0.322 e. The first-order chi connectivity index (χ1) is 13.4. The van der Waals surface area contributed by atoms with Gasteiger partial charge in [-0.25, -0.2) is 9.37 Å². The molecule has 0 spiro atoms. The summed E-state index contributed by atoms with van der Waals surface area (Å²) in [7, 11) is 0. The summed E-state index contributed by atoms with van der Waals surface area (Å²) >= 11 is 0. The molecule has 0 saturated carbocycles. The fraction of sp³-hybridized carbons (Fsp3) is 0.273. The molecule has 140 valence electrons. The molecule has 1 heterocycles. The van der Waals surface area contributed by atoms with Gasteiger partial charge in [-0.3, -0.25) is 4.79 Å². The molecule has 0 bridgehead atoms. The summed E-state index contributed by atoms with van der Waals surface area (Å²) in [5, 5.41) is 18.4. The smallest absolute Gasteiger partial charge is 0.152 e. The van der Waals surface area contributed by atoms with Crippen molar-refractivity contribution in [1.82, 2.24) is 9.55 Å². The van der Waals surface area contributed by atoms with Gasteiger partial charge in [0, 0.05) is 12.0 Å². The minimum absolute atomic E-state index is 0.0334. The molecule has 0 atom stereocenters. The lowest BCUT2D eigenvalue weighted by molar-refractivity contribution is -0.119. The number of imidazole rings is 1. The van der Waals surface area contributed by atoms with E-state index in [1.54, 1.807) is 55.1 Å². The van der Waals surface area contributed by atoms with Gasteiger partial charge < -0.3 is 4.57 Å². The number of fused-ring (bicyclic) bond motifs is 1. The van der Waals surface area contributed by atoms with Crippen molar-refractivity contribution in [3.05, 3.63) is 65.2 Å². The Labute approximate surface area is 162 Å². The summed E-state index contributed by atoms with van der Waals surface area (Å²) in [6.07, 6.45) is 2.21. The molecule has 0 aliphatic rings. The lowest BCUT2D eigenvalue weighted by Gasteiger charge is -2.17. The number of Topliss-reactive ketones (excluding diaryl/α,β-unsaturated/α-hetero) is 1. The number of rotatable bonds is 6. The van der Waals surface area contributed by atoms with E-state index in [9.17, 15) is 14.4 Å². The largest absolute Gasteiger partial charge is 0.322 e. The number of nitriles is 2. The zero-order chi connectivity index (χ0) is 20.3. The second-order valence-corrected chi connectivity index (χ2v) is 7.25. The van der Waals surface area contributed by atoms with Gasteiger partial charge in [0.15, 0.2) is 5.78 Å². The maximum Gasteiger partial charge on any atom is 0.152 e. The molecule has 1 aromatic heterocycles. The number of hydrogen-bond acceptors (Lipinski definition) is 4. The molecule has 0 N–H and O–H groups in total. The molecule has 0 saturated heterocycles. The van der Waals surface area contributed by atoms with Gasteiger partial charge in [-0.1, -0.05) is 18.2 Å². The van der Waals surface area contributed by atoms with Crippen LogP contribution in [0.4, 0.5) is 4.39 Å². The highest BCUT2D eigenvalue weighted by Gasteiger charge is 2.23. The van der Waals surface area contributed by atoms with E-state index < -0.39 is 11.2 Å². The topological polar surface area (TPSA) is 82.5 Å². The molecule has 0 radical (unpaired) electrons. The number of benzene rings is 2. The van der Waals surface area contributed by atoms with Crippen LogP contribution in [0.25, 0.3) is 11.0 Å². The average molecular weight is 374 g/mol. The van der Waals surface area contributed by atoms with Crippen LogP contribution in [-0.2, 0) is 23.2 Å². The number of para-hydroxylation sites is 1. The van der Waals surface area contributed by atoms with E-state index in [0.29, 0.717) is 34.1 Å². The van der Waals surface area contributed by atoms with Crippen molar-refractivity contribution in [2.45, 2.75) is 38.6 Å². The standard InChI is InChI=1S/C22H19FN4O/c1-22(2,13-25)18-9-7-15(10-19(18)23)6-8-17(28)12-27-14-26-20-5-3-4-16(11-24)21(20)27/h3-5,7,9-10,14H,6,8,12H2,1-2H3. The van der Waals surface area contributed by atoms with E-state index in [1.165, 1.54) is 6.07 Å². The molecule has 0 unspecified atom stereocenters. The predicted molar refractivity (Wildman–Crippen MR) is 103 cm³/mol. The van der Waals surface area contributed by atoms with Gasteiger partial charge in [0.05, 0.1) is 41.0 Å². The molecule has 5 nitrogen and oxygen atoms in total. The third-order valence-corrected chi connectivity index (χ3v) is 4.78. The Balaban J connectivity index is 1.70. The zero-order valence-corrected chi connectivity index (χ0v) is 15.7. The van der Waals surface area contributed by atoms with Crippen LogP contribution in [0.5, 0.6) is 0 Å². The number of carbonyl (C=O) groups is 1. The lowest BCUT2D eigenvalue weighted by Crippen LogP contribution is -2.16. The quantitative estimate of drug-likeness (QED) is 0.652. The van der Waals surface area contributed by atoms with E-state index in [4.69, 9.17) is 5.26 Å². The normalized spacial score (nSPS) is 11.2. The summed E-state index contributed by atoms with van der Waals surface area (Å²) in [4.78, 5) is 16.7. The Morgan fingerprint density at radius 2 is 2.04 bits per heavy atom. The lowest BCUT2D eigenvalue weighted by atomic mass is 9.85. The van der Waals surface area contributed by atoms with E-state index >= 15 is 0 Å². The van der Waals surface area contributed by atoms with Gasteiger partial charge in [-0.05, 0) is 44.0 Å². The molecule has 3 aromatic rings. The average Bonchev–Trinajstić information content (AvgIpc) is 3.09. The number of aryl methyl sites for hydroxylation is 1. The van der Waals surface area contributed by atoms with Gasteiger partial charge in [-0.15, -0.1) is 0 Å². The highest BCUT2D eigenvalue weighted by atomic mass is 19.1. The molecule has 0 amide bonds. The predicted octanol–water partition coefficient (Wildman–Crippen LogP) is 4.05. The van der Waals surface area contributed by atoms with Crippen LogP contribution in [0, 0.1) is 28.5 Å². The third kappa shape index (κ3) is 3.77. The van der Waals surface area contributed by atoms with Gasteiger partial charge in [0.25, 0.3) is 0 Å². The maximum atomic E-state index is 14.3. The summed E-state index contributed by atoms with van der Waals surface area (Å²) in [6.45, 7) is 3.44. The maximum absolute atomic E-state index is 14.3. The van der Waals surface area contributed by atoms with Crippen molar-refractivity contribution >= 4 is 16.8 Å². The second kappa shape index (κ2) is 7.62. The molecule has 6 heteroatoms. The van der Waals surface area contributed by atoms with E-state index in [-0.39, 0.29) is 18.7 Å². The number of ketones is 1. The van der Waals surface area contributed by atoms with Gasteiger partial charge in [0.1, 0.15) is 11.9 Å². The first-order valence-corrected chi connectivity index (χ1v) is 8.91. The van der Waals surface area contributed by atoms with Crippen molar-refractivity contribution < 1.29 is 9.18 Å². The molecule has 0 aliphatic carbocycles. The van der Waals surface area contributed by atoms with Crippen molar-refractivity contribution in [2.75, 3.05) is 0 Å². The second-order valence-electron chi connectivity index (χ2n) is 7.25. The van der Waals surface area contributed by atoms with Crippen molar-refractivity contribution in [3.63, 3.8) is 0 Å². The van der Waals surface area contributed by atoms with E-state index in [1.807, 2.05) is 0 Å². The third-order valence-electron chi connectivity index (χ3n) is 4.78. The number of nitrogens with zero attached hydrogens (tertiary/aromatic N) is 4. The number of aromatic nitrogens is 2. The molecular weight excluding hydrogens is 355 g/mol. The molecule has 3 rings (SSSR count). The molecule has 0 aliphatic heterocycles. The summed E-state index contributed by atoms with van der Waals surface area (Å²) in [5.74, 6) is -0.468. The monoisotopic (exact) mass is 374 g/mol.